The third-order valence-electron chi connectivity index (χ3n) is 4.13. The molecule has 3 rings (SSSR count). The van der Waals surface area contributed by atoms with E-state index in [9.17, 15) is 23.3 Å². The molecule has 0 atom stereocenters. The average Bonchev–Trinajstić information content (AvgIpc) is 3.16. The van der Waals surface area contributed by atoms with Crippen LogP contribution < -0.4 is 4.72 Å². The number of amides is 1. The molecule has 0 radical (unpaired) electrons. The predicted octanol–water partition coefficient (Wildman–Crippen LogP) is 2.63. The normalized spacial score (nSPS) is 14.2. The molecule has 0 bridgehead atoms. The van der Waals surface area contributed by atoms with E-state index in [1.807, 2.05) is 0 Å². The number of nitrogens with zero attached hydrogens (tertiary/aromatic N) is 2. The van der Waals surface area contributed by atoms with Crippen LogP contribution in [0.5, 0.6) is 0 Å². The second-order valence-corrected chi connectivity index (χ2v) is 7.59. The number of likely N-dealkylation sites (tertiary alicyclic amines) is 1. The topological polar surface area (TPSA) is 110 Å². The van der Waals surface area contributed by atoms with Crippen LogP contribution in [0.4, 0.5) is 11.4 Å². The second-order valence-electron chi connectivity index (χ2n) is 5.90. The van der Waals surface area contributed by atoms with Crippen molar-refractivity contribution in [1.82, 2.24) is 4.90 Å². The third kappa shape index (κ3) is 3.67. The van der Waals surface area contributed by atoms with Gasteiger partial charge in [0.2, 0.25) is 0 Å². The summed E-state index contributed by atoms with van der Waals surface area (Å²) in [6.45, 7) is 1.29. The lowest BCUT2D eigenvalue weighted by Gasteiger charge is -2.18. The summed E-state index contributed by atoms with van der Waals surface area (Å²) >= 11 is 0. The maximum absolute atomic E-state index is 12.6. The van der Waals surface area contributed by atoms with E-state index in [2.05, 4.69) is 4.72 Å². The first-order chi connectivity index (χ1) is 12.4. The number of carbonyl (C=O) groups is 1. The SMILES string of the molecule is O=C(c1ccccc1NS(=O)(=O)c1cccc([N+](=O)[O-])c1)N1CCCC1. The van der Waals surface area contributed by atoms with Gasteiger partial charge in [-0.3, -0.25) is 19.6 Å². The zero-order valence-electron chi connectivity index (χ0n) is 13.8. The van der Waals surface area contributed by atoms with Crippen LogP contribution in [0.3, 0.4) is 0 Å². The molecule has 8 nitrogen and oxygen atoms in total. The molecule has 1 N–H and O–H groups in total. The van der Waals surface area contributed by atoms with Gasteiger partial charge in [-0.2, -0.15) is 0 Å². The maximum Gasteiger partial charge on any atom is 0.270 e. The Labute approximate surface area is 150 Å². The molecular weight excluding hydrogens is 358 g/mol. The van der Waals surface area contributed by atoms with E-state index < -0.39 is 14.9 Å². The molecule has 1 aliphatic rings. The van der Waals surface area contributed by atoms with Gasteiger partial charge in [-0.25, -0.2) is 8.42 Å². The molecule has 2 aromatic rings. The molecule has 1 amide bonds. The van der Waals surface area contributed by atoms with Gasteiger partial charge in [0.1, 0.15) is 0 Å². The summed E-state index contributed by atoms with van der Waals surface area (Å²) in [5, 5.41) is 10.9. The summed E-state index contributed by atoms with van der Waals surface area (Å²) in [6, 6.07) is 11.1. The van der Waals surface area contributed by atoms with Gasteiger partial charge in [0, 0.05) is 25.2 Å². The number of non-ortho nitro benzene ring substituents is 1. The number of para-hydroxylation sites is 1. The number of anilines is 1. The Morgan fingerprint density at radius 3 is 2.46 bits per heavy atom. The lowest BCUT2D eigenvalue weighted by molar-refractivity contribution is -0.385. The molecule has 2 aromatic carbocycles. The van der Waals surface area contributed by atoms with Crippen LogP contribution in [-0.2, 0) is 10.0 Å². The zero-order chi connectivity index (χ0) is 18.7. The number of hydrogen-bond acceptors (Lipinski definition) is 5. The van der Waals surface area contributed by atoms with Gasteiger partial charge in [-0.1, -0.05) is 18.2 Å². The Bertz CT molecular complexity index is 952. The van der Waals surface area contributed by atoms with Gasteiger partial charge >= 0.3 is 0 Å². The third-order valence-corrected chi connectivity index (χ3v) is 5.50. The highest BCUT2D eigenvalue weighted by Crippen LogP contribution is 2.24. The van der Waals surface area contributed by atoms with Crippen molar-refractivity contribution in [2.24, 2.45) is 0 Å². The molecule has 0 aromatic heterocycles. The molecule has 0 spiro atoms. The highest BCUT2D eigenvalue weighted by Gasteiger charge is 2.24. The minimum absolute atomic E-state index is 0.149. The standard InChI is InChI=1S/C17H17N3O5S/c21-17(19-10-3-4-11-19)15-8-1-2-9-16(15)18-26(24,25)14-7-5-6-13(12-14)20(22)23/h1-2,5-9,12,18H,3-4,10-11H2. The van der Waals surface area contributed by atoms with Gasteiger partial charge in [-0.05, 0) is 31.0 Å². The molecule has 1 aliphatic heterocycles. The minimum Gasteiger partial charge on any atom is -0.339 e. The van der Waals surface area contributed by atoms with Crippen LogP contribution >= 0.6 is 0 Å². The largest absolute Gasteiger partial charge is 0.339 e. The van der Waals surface area contributed by atoms with Gasteiger partial charge in [0.25, 0.3) is 21.6 Å². The summed E-state index contributed by atoms with van der Waals surface area (Å²) in [6.07, 6.45) is 1.85. The number of sulfonamides is 1. The number of nitro benzene ring substituents is 1. The van der Waals surface area contributed by atoms with Crippen molar-refractivity contribution in [2.75, 3.05) is 17.8 Å². The van der Waals surface area contributed by atoms with E-state index in [0.717, 1.165) is 18.9 Å². The van der Waals surface area contributed by atoms with Crippen molar-refractivity contribution in [3.05, 3.63) is 64.2 Å². The molecule has 1 heterocycles. The average molecular weight is 375 g/mol. The fourth-order valence-corrected chi connectivity index (χ4v) is 3.94. The molecule has 9 heteroatoms. The van der Waals surface area contributed by atoms with Crippen LogP contribution in [0.1, 0.15) is 23.2 Å². The van der Waals surface area contributed by atoms with Crippen molar-refractivity contribution < 1.29 is 18.1 Å². The van der Waals surface area contributed by atoms with Crippen LogP contribution in [-0.4, -0.2) is 37.2 Å². The smallest absolute Gasteiger partial charge is 0.270 e. The summed E-state index contributed by atoms with van der Waals surface area (Å²) in [7, 11) is -4.07. The van der Waals surface area contributed by atoms with Gasteiger partial charge in [0.05, 0.1) is 21.1 Å². The first kappa shape index (κ1) is 17.9. The van der Waals surface area contributed by atoms with Crippen LogP contribution in [0, 0.1) is 10.1 Å². The Hall–Kier alpha value is -2.94. The summed E-state index contributed by atoms with van der Waals surface area (Å²) in [5.74, 6) is -0.236. The Morgan fingerprint density at radius 2 is 1.77 bits per heavy atom. The number of nitrogens with one attached hydrogen (secondary N) is 1. The maximum atomic E-state index is 12.6. The molecule has 0 saturated carbocycles. The summed E-state index contributed by atoms with van der Waals surface area (Å²) < 4.78 is 27.6. The van der Waals surface area contributed by atoms with Crippen molar-refractivity contribution in [3.63, 3.8) is 0 Å². The van der Waals surface area contributed by atoms with Gasteiger partial charge in [0.15, 0.2) is 0 Å². The molecule has 1 saturated heterocycles. The zero-order valence-corrected chi connectivity index (χ0v) is 14.6. The van der Waals surface area contributed by atoms with Gasteiger partial charge < -0.3 is 4.90 Å². The van der Waals surface area contributed by atoms with E-state index in [0.29, 0.717) is 13.1 Å². The molecule has 136 valence electrons. The Morgan fingerprint density at radius 1 is 1.08 bits per heavy atom. The first-order valence-corrected chi connectivity index (χ1v) is 9.52. The highest BCUT2D eigenvalue weighted by atomic mass is 32.2. The van der Waals surface area contributed by atoms with E-state index in [1.165, 1.54) is 24.3 Å². The fraction of sp³-hybridized carbons (Fsp3) is 0.235. The molecule has 0 unspecified atom stereocenters. The number of hydrogen-bond donors (Lipinski definition) is 1. The van der Waals surface area contributed by atoms with Crippen LogP contribution in [0.15, 0.2) is 53.4 Å². The Kier molecular flexibility index (Phi) is 4.90. The number of carbonyl (C=O) groups excluding carboxylic acids is 1. The van der Waals surface area contributed by atoms with Crippen molar-refractivity contribution >= 4 is 27.3 Å². The van der Waals surface area contributed by atoms with E-state index in [-0.39, 0.29) is 27.7 Å². The number of rotatable bonds is 5. The molecule has 26 heavy (non-hydrogen) atoms. The fourth-order valence-electron chi connectivity index (χ4n) is 2.82. The molecule has 0 aliphatic carbocycles. The predicted molar refractivity (Wildman–Crippen MR) is 95.5 cm³/mol. The monoisotopic (exact) mass is 375 g/mol. The minimum atomic E-state index is -4.07. The van der Waals surface area contributed by atoms with Crippen molar-refractivity contribution in [2.45, 2.75) is 17.7 Å². The quantitative estimate of drug-likeness (QED) is 0.638. The molecule has 1 fully saturated rings. The highest BCUT2D eigenvalue weighted by molar-refractivity contribution is 7.92. The molecular formula is C17H17N3O5S. The lowest BCUT2D eigenvalue weighted by Crippen LogP contribution is -2.28. The number of nitro groups is 1. The van der Waals surface area contributed by atoms with E-state index in [4.69, 9.17) is 0 Å². The lowest BCUT2D eigenvalue weighted by atomic mass is 10.1. The second kappa shape index (κ2) is 7.12. The van der Waals surface area contributed by atoms with E-state index in [1.54, 1.807) is 23.1 Å². The van der Waals surface area contributed by atoms with E-state index >= 15 is 0 Å². The van der Waals surface area contributed by atoms with Crippen LogP contribution in [0.25, 0.3) is 0 Å². The van der Waals surface area contributed by atoms with Crippen molar-refractivity contribution in [3.8, 4) is 0 Å². The van der Waals surface area contributed by atoms with Gasteiger partial charge in [-0.15, -0.1) is 0 Å². The summed E-state index contributed by atoms with van der Waals surface area (Å²) in [4.78, 5) is 24.3. The Balaban J connectivity index is 1.92. The van der Waals surface area contributed by atoms with Crippen molar-refractivity contribution in [1.29, 1.82) is 0 Å². The number of benzene rings is 2. The first-order valence-electron chi connectivity index (χ1n) is 8.04. The van der Waals surface area contributed by atoms with Crippen LogP contribution in [0.2, 0.25) is 0 Å². The summed E-state index contributed by atoms with van der Waals surface area (Å²) in [5.41, 5.74) is 0.0774.